The van der Waals surface area contributed by atoms with Gasteiger partial charge in [-0.3, -0.25) is 4.79 Å². The van der Waals surface area contributed by atoms with Crippen molar-refractivity contribution in [3.8, 4) is 5.75 Å². The molecule has 0 aliphatic rings. The third-order valence-corrected chi connectivity index (χ3v) is 3.07. The van der Waals surface area contributed by atoms with Crippen molar-refractivity contribution in [3.05, 3.63) is 64.7 Å². The first-order chi connectivity index (χ1) is 9.22. The van der Waals surface area contributed by atoms with Crippen molar-refractivity contribution in [3.63, 3.8) is 0 Å². The highest BCUT2D eigenvalue weighted by Crippen LogP contribution is 2.21. The molecule has 19 heavy (non-hydrogen) atoms. The minimum atomic E-state index is -0.172. The SMILES string of the molecule is CNC(=O)c1ccccc1OCc1ccccc1Cl. The number of amides is 1. The Labute approximate surface area is 117 Å². The lowest BCUT2D eigenvalue weighted by Crippen LogP contribution is -2.18. The van der Waals surface area contributed by atoms with E-state index < -0.39 is 0 Å². The quantitative estimate of drug-likeness (QED) is 0.930. The minimum Gasteiger partial charge on any atom is -0.488 e. The first-order valence-corrected chi connectivity index (χ1v) is 6.27. The third kappa shape index (κ3) is 3.26. The molecule has 0 saturated carbocycles. The Morgan fingerprint density at radius 3 is 2.58 bits per heavy atom. The molecule has 0 aliphatic heterocycles. The Bertz CT molecular complexity index is 584. The van der Waals surface area contributed by atoms with E-state index in [1.54, 1.807) is 25.2 Å². The van der Waals surface area contributed by atoms with Crippen LogP contribution in [0, 0.1) is 0 Å². The number of nitrogens with one attached hydrogen (secondary N) is 1. The molecule has 0 radical (unpaired) electrons. The summed E-state index contributed by atoms with van der Waals surface area (Å²) in [5, 5.41) is 3.24. The van der Waals surface area contributed by atoms with Gasteiger partial charge in [-0.05, 0) is 18.2 Å². The number of hydrogen-bond donors (Lipinski definition) is 1. The molecule has 1 amide bonds. The van der Waals surface area contributed by atoms with Gasteiger partial charge in [-0.25, -0.2) is 0 Å². The highest BCUT2D eigenvalue weighted by atomic mass is 35.5. The van der Waals surface area contributed by atoms with Crippen LogP contribution < -0.4 is 10.1 Å². The van der Waals surface area contributed by atoms with Gasteiger partial charge in [-0.2, -0.15) is 0 Å². The van der Waals surface area contributed by atoms with Gasteiger partial charge in [0.15, 0.2) is 0 Å². The average molecular weight is 276 g/mol. The van der Waals surface area contributed by atoms with E-state index >= 15 is 0 Å². The van der Waals surface area contributed by atoms with Crippen molar-refractivity contribution in [2.24, 2.45) is 0 Å². The van der Waals surface area contributed by atoms with Crippen molar-refractivity contribution in [1.82, 2.24) is 5.32 Å². The fraction of sp³-hybridized carbons (Fsp3) is 0.133. The smallest absolute Gasteiger partial charge is 0.254 e. The predicted molar refractivity (Wildman–Crippen MR) is 75.6 cm³/mol. The first kappa shape index (κ1) is 13.4. The number of benzene rings is 2. The van der Waals surface area contributed by atoms with E-state index in [-0.39, 0.29) is 5.91 Å². The molecule has 2 aromatic carbocycles. The molecule has 0 unspecified atom stereocenters. The number of carbonyl (C=O) groups is 1. The Morgan fingerprint density at radius 1 is 1.16 bits per heavy atom. The topological polar surface area (TPSA) is 38.3 Å². The Morgan fingerprint density at radius 2 is 1.84 bits per heavy atom. The van der Waals surface area contributed by atoms with Crippen molar-refractivity contribution in [2.45, 2.75) is 6.61 Å². The van der Waals surface area contributed by atoms with Gasteiger partial charge in [-0.15, -0.1) is 0 Å². The van der Waals surface area contributed by atoms with Gasteiger partial charge in [0.2, 0.25) is 0 Å². The Balaban J connectivity index is 2.16. The van der Waals surface area contributed by atoms with Crippen LogP contribution in [0.25, 0.3) is 0 Å². The predicted octanol–water partition coefficient (Wildman–Crippen LogP) is 3.28. The molecule has 0 aromatic heterocycles. The average Bonchev–Trinajstić information content (AvgIpc) is 2.46. The summed E-state index contributed by atoms with van der Waals surface area (Å²) in [7, 11) is 1.59. The van der Waals surface area contributed by atoms with Gasteiger partial charge in [-0.1, -0.05) is 41.9 Å². The molecule has 1 N–H and O–H groups in total. The van der Waals surface area contributed by atoms with Crippen LogP contribution >= 0.6 is 11.6 Å². The molecule has 0 aliphatic carbocycles. The summed E-state index contributed by atoms with van der Waals surface area (Å²) in [6.45, 7) is 0.327. The molecule has 2 aromatic rings. The standard InChI is InChI=1S/C15H14ClNO2/c1-17-15(18)12-7-3-5-9-14(12)19-10-11-6-2-4-8-13(11)16/h2-9H,10H2,1H3,(H,17,18). The van der Waals surface area contributed by atoms with E-state index in [0.717, 1.165) is 5.56 Å². The molecule has 3 nitrogen and oxygen atoms in total. The summed E-state index contributed by atoms with van der Waals surface area (Å²) in [5.74, 6) is 0.372. The molecule has 2 rings (SSSR count). The molecule has 0 saturated heterocycles. The van der Waals surface area contributed by atoms with E-state index in [4.69, 9.17) is 16.3 Å². The molecule has 4 heteroatoms. The van der Waals surface area contributed by atoms with E-state index in [1.165, 1.54) is 0 Å². The number of hydrogen-bond acceptors (Lipinski definition) is 2. The van der Waals surface area contributed by atoms with Gasteiger partial charge >= 0.3 is 0 Å². The lowest BCUT2D eigenvalue weighted by Gasteiger charge is -2.11. The van der Waals surface area contributed by atoms with Crippen LogP contribution in [0.1, 0.15) is 15.9 Å². The Hall–Kier alpha value is -2.00. The van der Waals surface area contributed by atoms with E-state index in [9.17, 15) is 4.79 Å². The molecule has 0 fully saturated rings. The highest BCUT2D eigenvalue weighted by molar-refractivity contribution is 6.31. The monoisotopic (exact) mass is 275 g/mol. The molecule has 0 atom stereocenters. The summed E-state index contributed by atoms with van der Waals surface area (Å²) >= 11 is 6.06. The number of para-hydroxylation sites is 1. The molecule has 0 bridgehead atoms. The summed E-state index contributed by atoms with van der Waals surface area (Å²) in [6, 6.07) is 14.6. The fourth-order valence-electron chi connectivity index (χ4n) is 1.69. The second-order valence-electron chi connectivity index (χ2n) is 3.96. The second kappa shape index (κ2) is 6.25. The third-order valence-electron chi connectivity index (χ3n) is 2.70. The lowest BCUT2D eigenvalue weighted by atomic mass is 10.2. The normalized spacial score (nSPS) is 10.0. The van der Waals surface area contributed by atoms with Crippen LogP contribution in [0.4, 0.5) is 0 Å². The Kier molecular flexibility index (Phi) is 4.42. The summed E-state index contributed by atoms with van der Waals surface area (Å²) < 4.78 is 5.68. The van der Waals surface area contributed by atoms with Crippen LogP contribution in [0.3, 0.4) is 0 Å². The van der Waals surface area contributed by atoms with Gasteiger partial charge in [0.05, 0.1) is 5.56 Å². The number of carbonyl (C=O) groups excluding carboxylic acids is 1. The van der Waals surface area contributed by atoms with Gasteiger partial charge in [0, 0.05) is 17.6 Å². The van der Waals surface area contributed by atoms with Crippen LogP contribution in [0.2, 0.25) is 5.02 Å². The van der Waals surface area contributed by atoms with Crippen molar-refractivity contribution in [1.29, 1.82) is 0 Å². The number of ether oxygens (including phenoxy) is 1. The number of halogens is 1. The van der Waals surface area contributed by atoms with Gasteiger partial charge in [0.25, 0.3) is 5.91 Å². The highest BCUT2D eigenvalue weighted by Gasteiger charge is 2.10. The van der Waals surface area contributed by atoms with Crippen LogP contribution in [0.15, 0.2) is 48.5 Å². The summed E-state index contributed by atoms with van der Waals surface area (Å²) in [4.78, 5) is 11.7. The first-order valence-electron chi connectivity index (χ1n) is 5.89. The largest absolute Gasteiger partial charge is 0.488 e. The summed E-state index contributed by atoms with van der Waals surface area (Å²) in [5.41, 5.74) is 1.40. The summed E-state index contributed by atoms with van der Waals surface area (Å²) in [6.07, 6.45) is 0. The maximum absolute atomic E-state index is 11.7. The van der Waals surface area contributed by atoms with Gasteiger partial charge in [0.1, 0.15) is 12.4 Å². The molecule has 98 valence electrons. The zero-order valence-electron chi connectivity index (χ0n) is 10.5. The second-order valence-corrected chi connectivity index (χ2v) is 4.36. The zero-order valence-corrected chi connectivity index (χ0v) is 11.3. The maximum Gasteiger partial charge on any atom is 0.254 e. The minimum absolute atomic E-state index is 0.172. The molecular formula is C15H14ClNO2. The fourth-order valence-corrected chi connectivity index (χ4v) is 1.88. The van der Waals surface area contributed by atoms with E-state index in [0.29, 0.717) is 22.9 Å². The molecular weight excluding hydrogens is 262 g/mol. The van der Waals surface area contributed by atoms with Crippen molar-refractivity contribution >= 4 is 17.5 Å². The van der Waals surface area contributed by atoms with E-state index in [1.807, 2.05) is 30.3 Å². The van der Waals surface area contributed by atoms with Crippen LogP contribution in [-0.4, -0.2) is 13.0 Å². The van der Waals surface area contributed by atoms with Crippen molar-refractivity contribution in [2.75, 3.05) is 7.05 Å². The van der Waals surface area contributed by atoms with Crippen molar-refractivity contribution < 1.29 is 9.53 Å². The molecule has 0 spiro atoms. The maximum atomic E-state index is 11.7. The van der Waals surface area contributed by atoms with Gasteiger partial charge < -0.3 is 10.1 Å². The van der Waals surface area contributed by atoms with E-state index in [2.05, 4.69) is 5.32 Å². The van der Waals surface area contributed by atoms with Crippen LogP contribution in [-0.2, 0) is 6.61 Å². The lowest BCUT2D eigenvalue weighted by molar-refractivity contribution is 0.0958. The number of rotatable bonds is 4. The molecule has 0 heterocycles. The zero-order chi connectivity index (χ0) is 13.7. The van der Waals surface area contributed by atoms with Crippen LogP contribution in [0.5, 0.6) is 5.75 Å².